The van der Waals surface area contributed by atoms with Crippen LogP contribution in [0.25, 0.3) is 0 Å². The third kappa shape index (κ3) is 4.67. The van der Waals surface area contributed by atoms with E-state index in [4.69, 9.17) is 5.11 Å². The van der Waals surface area contributed by atoms with Crippen LogP contribution in [-0.2, 0) is 10.0 Å². The zero-order valence-corrected chi connectivity index (χ0v) is 14.8. The molecule has 0 saturated carbocycles. The molecule has 0 amide bonds. The van der Waals surface area contributed by atoms with Crippen LogP contribution in [0.1, 0.15) is 47.7 Å². The molecule has 0 bridgehead atoms. The molecule has 0 aliphatic rings. The molecule has 0 unspecified atom stereocenters. The molecular weight excluding hydrogens is 340 g/mol. The summed E-state index contributed by atoms with van der Waals surface area (Å²) >= 11 is 0. The fraction of sp³-hybridized carbons (Fsp3) is 0.222. The number of nitrogens with one attached hydrogen (secondary N) is 1. The molecule has 7 heteroatoms. The van der Waals surface area contributed by atoms with E-state index >= 15 is 0 Å². The molecule has 0 fully saturated rings. The largest absolute Gasteiger partial charge is 0.478 e. The molecule has 0 aromatic heterocycles. The molecule has 132 valence electrons. The Hall–Kier alpha value is -2.67. The zero-order valence-electron chi connectivity index (χ0n) is 14.0. The topological polar surface area (TPSA) is 95.8 Å². The van der Waals surface area contributed by atoms with E-state index in [1.807, 2.05) is 0 Å². The second-order valence-electron chi connectivity index (χ2n) is 5.62. The van der Waals surface area contributed by atoms with E-state index in [1.54, 1.807) is 30.3 Å². The number of hydrogen-bond donors (Lipinski definition) is 2. The Bertz CT molecular complexity index is 874. The minimum atomic E-state index is -3.81. The summed E-state index contributed by atoms with van der Waals surface area (Å²) in [5.41, 5.74) is 1.42. The SMILES string of the molecule is CC[C@@H](C)c1ccc(S(=O)(=O)N/N=C\c2ccccc2C(=O)O)cc1. The van der Waals surface area contributed by atoms with Gasteiger partial charge in [-0.15, -0.1) is 0 Å². The summed E-state index contributed by atoms with van der Waals surface area (Å²) in [5, 5.41) is 12.8. The van der Waals surface area contributed by atoms with Crippen LogP contribution in [0.2, 0.25) is 0 Å². The van der Waals surface area contributed by atoms with Crippen LogP contribution in [0.4, 0.5) is 0 Å². The van der Waals surface area contributed by atoms with Crippen molar-refractivity contribution < 1.29 is 18.3 Å². The van der Waals surface area contributed by atoms with Gasteiger partial charge in [-0.25, -0.2) is 9.63 Å². The standard InChI is InChI=1S/C18H20N2O4S/c1-3-13(2)14-8-10-16(11-9-14)25(23,24)20-19-12-15-6-4-5-7-17(15)18(21)22/h4-13,20H,3H2,1-2H3,(H,21,22)/b19-12-/t13-/m1/s1. The van der Waals surface area contributed by atoms with Crippen molar-refractivity contribution in [2.24, 2.45) is 5.10 Å². The van der Waals surface area contributed by atoms with Crippen molar-refractivity contribution in [2.75, 3.05) is 0 Å². The quantitative estimate of drug-likeness (QED) is 0.585. The fourth-order valence-corrected chi connectivity index (χ4v) is 3.02. The van der Waals surface area contributed by atoms with E-state index in [2.05, 4.69) is 23.8 Å². The molecule has 2 aromatic carbocycles. The highest BCUT2D eigenvalue weighted by Crippen LogP contribution is 2.20. The van der Waals surface area contributed by atoms with Gasteiger partial charge in [0.2, 0.25) is 0 Å². The van der Waals surface area contributed by atoms with Gasteiger partial charge >= 0.3 is 5.97 Å². The first-order chi connectivity index (χ1) is 11.8. The van der Waals surface area contributed by atoms with Crippen molar-refractivity contribution in [3.63, 3.8) is 0 Å². The summed E-state index contributed by atoms with van der Waals surface area (Å²) in [6, 6.07) is 12.8. The van der Waals surface area contributed by atoms with E-state index in [-0.39, 0.29) is 10.5 Å². The van der Waals surface area contributed by atoms with Crippen LogP contribution >= 0.6 is 0 Å². The Morgan fingerprint density at radius 2 is 1.84 bits per heavy atom. The lowest BCUT2D eigenvalue weighted by molar-refractivity contribution is 0.0696. The fourth-order valence-electron chi connectivity index (χ4n) is 2.23. The smallest absolute Gasteiger partial charge is 0.336 e. The van der Waals surface area contributed by atoms with Crippen molar-refractivity contribution in [3.8, 4) is 0 Å². The molecule has 1 atom stereocenters. The van der Waals surface area contributed by atoms with Gasteiger partial charge in [0.25, 0.3) is 10.0 Å². The second-order valence-corrected chi connectivity index (χ2v) is 7.28. The van der Waals surface area contributed by atoms with Crippen molar-refractivity contribution in [3.05, 3.63) is 65.2 Å². The maximum absolute atomic E-state index is 12.3. The Balaban J connectivity index is 2.15. The molecule has 0 saturated heterocycles. The molecule has 6 nitrogen and oxygen atoms in total. The molecule has 2 aromatic rings. The highest BCUT2D eigenvalue weighted by molar-refractivity contribution is 7.89. The lowest BCUT2D eigenvalue weighted by Crippen LogP contribution is -2.18. The average molecular weight is 360 g/mol. The number of hydrazone groups is 1. The van der Waals surface area contributed by atoms with Gasteiger partial charge in [0.05, 0.1) is 16.7 Å². The normalized spacial score (nSPS) is 12.9. The lowest BCUT2D eigenvalue weighted by Gasteiger charge is -2.10. The number of rotatable bonds is 7. The summed E-state index contributed by atoms with van der Waals surface area (Å²) in [4.78, 5) is 13.3. The Kier molecular flexibility index (Phi) is 5.93. The van der Waals surface area contributed by atoms with Crippen LogP contribution in [0.3, 0.4) is 0 Å². The summed E-state index contributed by atoms with van der Waals surface area (Å²) in [6.45, 7) is 4.15. The van der Waals surface area contributed by atoms with E-state index in [1.165, 1.54) is 24.4 Å². The van der Waals surface area contributed by atoms with Gasteiger partial charge in [0.15, 0.2) is 0 Å². The minimum Gasteiger partial charge on any atom is -0.478 e. The summed E-state index contributed by atoms with van der Waals surface area (Å²) in [6.07, 6.45) is 2.14. The van der Waals surface area contributed by atoms with Crippen LogP contribution in [0, 0.1) is 0 Å². The van der Waals surface area contributed by atoms with Crippen molar-refractivity contribution >= 4 is 22.2 Å². The first-order valence-electron chi connectivity index (χ1n) is 7.82. The predicted molar refractivity (Wildman–Crippen MR) is 96.5 cm³/mol. The van der Waals surface area contributed by atoms with Gasteiger partial charge in [-0.2, -0.15) is 13.5 Å². The average Bonchev–Trinajstić information content (AvgIpc) is 2.61. The maximum atomic E-state index is 12.3. The molecule has 0 radical (unpaired) electrons. The van der Waals surface area contributed by atoms with Crippen LogP contribution < -0.4 is 4.83 Å². The van der Waals surface area contributed by atoms with Gasteiger partial charge in [-0.05, 0) is 36.1 Å². The van der Waals surface area contributed by atoms with Crippen LogP contribution in [-0.4, -0.2) is 25.7 Å². The third-order valence-corrected chi connectivity index (χ3v) is 5.18. The van der Waals surface area contributed by atoms with Gasteiger partial charge in [0, 0.05) is 5.56 Å². The first-order valence-corrected chi connectivity index (χ1v) is 9.30. The van der Waals surface area contributed by atoms with E-state index in [9.17, 15) is 13.2 Å². The van der Waals surface area contributed by atoms with E-state index in [0.29, 0.717) is 11.5 Å². The van der Waals surface area contributed by atoms with Crippen molar-refractivity contribution in [1.29, 1.82) is 0 Å². The van der Waals surface area contributed by atoms with Gasteiger partial charge < -0.3 is 5.11 Å². The van der Waals surface area contributed by atoms with Gasteiger partial charge in [-0.1, -0.05) is 44.2 Å². The Morgan fingerprint density at radius 3 is 2.44 bits per heavy atom. The highest BCUT2D eigenvalue weighted by Gasteiger charge is 2.14. The number of aromatic carboxylic acids is 1. The number of sulfonamides is 1. The molecule has 0 heterocycles. The lowest BCUT2D eigenvalue weighted by atomic mass is 9.99. The minimum absolute atomic E-state index is 0.0448. The number of carboxylic acids is 1. The first kappa shape index (κ1) is 18.7. The number of benzene rings is 2. The molecule has 2 rings (SSSR count). The highest BCUT2D eigenvalue weighted by atomic mass is 32.2. The van der Waals surface area contributed by atoms with E-state index in [0.717, 1.165) is 12.0 Å². The zero-order chi connectivity index (χ0) is 18.4. The van der Waals surface area contributed by atoms with Gasteiger partial charge in [0.1, 0.15) is 0 Å². The second kappa shape index (κ2) is 7.94. The molecule has 25 heavy (non-hydrogen) atoms. The number of nitrogens with zero attached hydrogens (tertiary/aromatic N) is 1. The molecule has 0 aliphatic carbocycles. The summed E-state index contributed by atoms with van der Waals surface area (Å²) in [7, 11) is -3.81. The van der Waals surface area contributed by atoms with Crippen LogP contribution in [0.15, 0.2) is 58.5 Å². The Morgan fingerprint density at radius 1 is 1.20 bits per heavy atom. The van der Waals surface area contributed by atoms with Crippen molar-refractivity contribution in [2.45, 2.75) is 31.1 Å². The van der Waals surface area contributed by atoms with Gasteiger partial charge in [-0.3, -0.25) is 0 Å². The van der Waals surface area contributed by atoms with E-state index < -0.39 is 16.0 Å². The molecule has 0 aliphatic heterocycles. The Labute approximate surface area is 147 Å². The summed E-state index contributed by atoms with van der Waals surface area (Å²) < 4.78 is 24.5. The molecule has 2 N–H and O–H groups in total. The van der Waals surface area contributed by atoms with Crippen molar-refractivity contribution in [1.82, 2.24) is 4.83 Å². The molecular formula is C18H20N2O4S. The van der Waals surface area contributed by atoms with Crippen LogP contribution in [0.5, 0.6) is 0 Å². The third-order valence-electron chi connectivity index (χ3n) is 3.94. The summed E-state index contributed by atoms with van der Waals surface area (Å²) in [5.74, 6) is -0.749. The maximum Gasteiger partial charge on any atom is 0.336 e. The monoisotopic (exact) mass is 360 g/mol. The molecule has 0 spiro atoms. The predicted octanol–water partition coefficient (Wildman–Crippen LogP) is 3.21. The number of carboxylic acid groups (broad SMARTS) is 1. The number of hydrogen-bond acceptors (Lipinski definition) is 4. The number of carbonyl (C=O) groups is 1.